The fourth-order valence-electron chi connectivity index (χ4n) is 0.436. The van der Waals surface area contributed by atoms with Crippen LogP contribution in [0.5, 0.6) is 0 Å². The normalized spacial score (nSPS) is 12.9. The Morgan fingerprint density at radius 2 is 2.36 bits per heavy atom. The van der Waals surface area contributed by atoms with Crippen LogP contribution in [0.4, 0.5) is 0 Å². The number of H-pyrrole nitrogens is 1. The van der Waals surface area contributed by atoms with E-state index in [4.69, 9.17) is 0 Å². The van der Waals surface area contributed by atoms with Crippen LogP contribution in [0.2, 0.25) is 0 Å². The Balaban J connectivity index is 0.000000112. The SMILES string of the molecule is O=C1C=CN=N1.c1cn[nH]c1. The molecule has 0 atom stereocenters. The van der Waals surface area contributed by atoms with Gasteiger partial charge in [0.25, 0.3) is 5.91 Å². The molecule has 0 aromatic carbocycles. The highest BCUT2D eigenvalue weighted by molar-refractivity contribution is 5.89. The second-order valence-corrected chi connectivity index (χ2v) is 1.64. The molecule has 56 valence electrons. The number of nitrogens with one attached hydrogen (secondary N) is 1. The van der Waals surface area contributed by atoms with Gasteiger partial charge in [-0.3, -0.25) is 9.89 Å². The molecule has 0 bridgehead atoms. The number of aromatic amines is 1. The van der Waals surface area contributed by atoms with Gasteiger partial charge < -0.3 is 0 Å². The van der Waals surface area contributed by atoms with E-state index in [1.165, 1.54) is 12.3 Å². The lowest BCUT2D eigenvalue weighted by Crippen LogP contribution is -1.74. The van der Waals surface area contributed by atoms with Gasteiger partial charge in [0.05, 0.1) is 6.20 Å². The minimum Gasteiger partial charge on any atom is -0.286 e. The van der Waals surface area contributed by atoms with Crippen molar-refractivity contribution in [1.29, 1.82) is 0 Å². The van der Waals surface area contributed by atoms with Gasteiger partial charge in [0.1, 0.15) is 0 Å². The van der Waals surface area contributed by atoms with Crippen molar-refractivity contribution in [3.63, 3.8) is 0 Å². The van der Waals surface area contributed by atoms with Gasteiger partial charge in [0.15, 0.2) is 0 Å². The summed E-state index contributed by atoms with van der Waals surface area (Å²) < 4.78 is 0. The molecule has 2 heterocycles. The molecular weight excluding hydrogens is 144 g/mol. The Bertz CT molecular complexity index is 231. The van der Waals surface area contributed by atoms with Crippen molar-refractivity contribution in [3.8, 4) is 0 Å². The summed E-state index contributed by atoms with van der Waals surface area (Å²) in [5.74, 6) is -0.269. The molecule has 11 heavy (non-hydrogen) atoms. The van der Waals surface area contributed by atoms with Crippen molar-refractivity contribution < 1.29 is 4.79 Å². The first-order valence-corrected chi connectivity index (χ1v) is 2.95. The zero-order valence-corrected chi connectivity index (χ0v) is 5.64. The third kappa shape index (κ3) is 3.04. The molecule has 1 N–H and O–H groups in total. The topological polar surface area (TPSA) is 70.5 Å². The highest BCUT2D eigenvalue weighted by Gasteiger charge is 1.92. The standard InChI is InChI=1S/C3H2N2O.C3H4N2/c6-3-1-2-4-5-3;1-2-4-5-3-1/h1-2H;1-3H,(H,4,5). The smallest absolute Gasteiger partial charge is 0.286 e. The molecule has 0 saturated carbocycles. The monoisotopic (exact) mass is 150 g/mol. The third-order valence-electron chi connectivity index (χ3n) is 0.846. The Labute approximate surface area is 62.8 Å². The fourth-order valence-corrected chi connectivity index (χ4v) is 0.436. The van der Waals surface area contributed by atoms with E-state index in [2.05, 4.69) is 20.4 Å². The molecule has 1 aliphatic rings. The van der Waals surface area contributed by atoms with Gasteiger partial charge in [-0.15, -0.1) is 5.11 Å². The average molecular weight is 150 g/mol. The zero-order chi connectivity index (χ0) is 7.94. The van der Waals surface area contributed by atoms with E-state index < -0.39 is 0 Å². The van der Waals surface area contributed by atoms with Crippen LogP contribution in [0.3, 0.4) is 0 Å². The van der Waals surface area contributed by atoms with E-state index in [9.17, 15) is 4.79 Å². The molecule has 0 unspecified atom stereocenters. The van der Waals surface area contributed by atoms with Gasteiger partial charge in [-0.1, -0.05) is 0 Å². The number of azo groups is 1. The van der Waals surface area contributed by atoms with Crippen LogP contribution in [-0.4, -0.2) is 16.1 Å². The van der Waals surface area contributed by atoms with Gasteiger partial charge in [0, 0.05) is 18.5 Å². The molecule has 0 radical (unpaired) electrons. The minimum atomic E-state index is -0.269. The van der Waals surface area contributed by atoms with Gasteiger partial charge >= 0.3 is 0 Å². The zero-order valence-electron chi connectivity index (χ0n) is 5.64. The van der Waals surface area contributed by atoms with E-state index in [0.29, 0.717) is 0 Å². The maximum atomic E-state index is 9.90. The first-order valence-electron chi connectivity index (χ1n) is 2.95. The Hall–Kier alpha value is -1.78. The maximum Gasteiger partial charge on any atom is 0.289 e. The van der Waals surface area contributed by atoms with Crippen molar-refractivity contribution >= 4 is 5.91 Å². The largest absolute Gasteiger partial charge is 0.289 e. The van der Waals surface area contributed by atoms with Gasteiger partial charge in [-0.2, -0.15) is 10.2 Å². The van der Waals surface area contributed by atoms with Crippen molar-refractivity contribution in [3.05, 3.63) is 30.7 Å². The Kier molecular flexibility index (Phi) is 2.73. The van der Waals surface area contributed by atoms with Crippen LogP contribution in [0.1, 0.15) is 0 Å². The van der Waals surface area contributed by atoms with Crippen molar-refractivity contribution in [1.82, 2.24) is 10.2 Å². The molecule has 0 saturated heterocycles. The quantitative estimate of drug-likeness (QED) is 0.596. The lowest BCUT2D eigenvalue weighted by atomic mass is 10.6. The molecular formula is C6H6N4O. The summed E-state index contributed by atoms with van der Waals surface area (Å²) in [7, 11) is 0. The molecule has 5 heteroatoms. The Morgan fingerprint density at radius 3 is 2.55 bits per heavy atom. The molecule has 1 aliphatic heterocycles. The lowest BCUT2D eigenvalue weighted by Gasteiger charge is -1.59. The van der Waals surface area contributed by atoms with E-state index in [1.807, 2.05) is 6.07 Å². The third-order valence-corrected chi connectivity index (χ3v) is 0.846. The van der Waals surface area contributed by atoms with Gasteiger partial charge in [0.2, 0.25) is 0 Å². The van der Waals surface area contributed by atoms with E-state index in [-0.39, 0.29) is 5.91 Å². The highest BCUT2D eigenvalue weighted by atomic mass is 16.1. The molecule has 2 rings (SSSR count). The van der Waals surface area contributed by atoms with Crippen LogP contribution in [-0.2, 0) is 4.79 Å². The first-order chi connectivity index (χ1) is 5.39. The lowest BCUT2D eigenvalue weighted by molar-refractivity contribution is -0.113. The van der Waals surface area contributed by atoms with E-state index in [0.717, 1.165) is 0 Å². The van der Waals surface area contributed by atoms with Crippen molar-refractivity contribution in [2.75, 3.05) is 0 Å². The molecule has 1 aromatic heterocycles. The van der Waals surface area contributed by atoms with Crippen LogP contribution in [0, 0.1) is 0 Å². The molecule has 5 nitrogen and oxygen atoms in total. The number of hydrogen-bond donors (Lipinski definition) is 1. The summed E-state index contributed by atoms with van der Waals surface area (Å²) in [5, 5.41) is 12.6. The number of carbonyl (C=O) groups excluding carboxylic acids is 1. The van der Waals surface area contributed by atoms with E-state index >= 15 is 0 Å². The fraction of sp³-hybridized carbons (Fsp3) is 0. The first kappa shape index (κ1) is 7.33. The summed E-state index contributed by atoms with van der Waals surface area (Å²) in [6.07, 6.45) is 6.13. The molecule has 1 aromatic rings. The van der Waals surface area contributed by atoms with Crippen LogP contribution in [0.15, 0.2) is 41.0 Å². The molecule has 0 spiro atoms. The number of carbonyl (C=O) groups is 1. The Morgan fingerprint density at radius 1 is 1.45 bits per heavy atom. The second kappa shape index (κ2) is 4.10. The number of hydrogen-bond acceptors (Lipinski definition) is 3. The molecule has 0 aliphatic carbocycles. The second-order valence-electron chi connectivity index (χ2n) is 1.64. The summed E-state index contributed by atoms with van der Waals surface area (Å²) >= 11 is 0. The number of aromatic nitrogens is 2. The minimum absolute atomic E-state index is 0.269. The van der Waals surface area contributed by atoms with Gasteiger partial charge in [-0.05, 0) is 6.07 Å². The number of rotatable bonds is 0. The summed E-state index contributed by atoms with van der Waals surface area (Å²) in [6.45, 7) is 0. The molecule has 0 fully saturated rings. The van der Waals surface area contributed by atoms with Crippen molar-refractivity contribution in [2.45, 2.75) is 0 Å². The summed E-state index contributed by atoms with van der Waals surface area (Å²) in [6, 6.07) is 1.83. The van der Waals surface area contributed by atoms with E-state index in [1.54, 1.807) is 12.4 Å². The average Bonchev–Trinajstić information content (AvgIpc) is 2.57. The maximum absolute atomic E-state index is 9.90. The molecule has 1 amide bonds. The van der Waals surface area contributed by atoms with Crippen LogP contribution in [0.25, 0.3) is 0 Å². The van der Waals surface area contributed by atoms with Crippen LogP contribution < -0.4 is 0 Å². The predicted octanol–water partition coefficient (Wildman–Crippen LogP) is 0.902. The highest BCUT2D eigenvalue weighted by Crippen LogP contribution is 1.90. The number of amides is 1. The summed E-state index contributed by atoms with van der Waals surface area (Å²) in [4.78, 5) is 9.90. The van der Waals surface area contributed by atoms with Crippen molar-refractivity contribution in [2.24, 2.45) is 10.2 Å². The number of nitrogens with zero attached hydrogens (tertiary/aromatic N) is 3. The van der Waals surface area contributed by atoms with Crippen LogP contribution >= 0.6 is 0 Å². The summed E-state index contributed by atoms with van der Waals surface area (Å²) in [5.41, 5.74) is 0. The predicted molar refractivity (Wildman–Crippen MR) is 37.6 cm³/mol. The van der Waals surface area contributed by atoms with Gasteiger partial charge in [-0.25, -0.2) is 0 Å².